The molecule has 1 N–H and O–H groups in total. The van der Waals surface area contributed by atoms with Crippen molar-refractivity contribution in [2.24, 2.45) is 0 Å². The Balaban J connectivity index is 3.58. The third kappa shape index (κ3) is 4.85. The quantitative estimate of drug-likeness (QED) is 0.633. The molecule has 0 aromatic heterocycles. The van der Waals surface area contributed by atoms with Crippen molar-refractivity contribution in [3.8, 4) is 0 Å². The van der Waals surface area contributed by atoms with Crippen molar-refractivity contribution < 1.29 is 5.11 Å². The second kappa shape index (κ2) is 6.23. The fourth-order valence-electron chi connectivity index (χ4n) is 0.944. The third-order valence-corrected chi connectivity index (χ3v) is 1.69. The molecule has 0 amide bonds. The molecule has 1 atom stereocenters. The van der Waals surface area contributed by atoms with E-state index >= 15 is 0 Å². The lowest BCUT2D eigenvalue weighted by atomic mass is 10.2. The minimum Gasteiger partial charge on any atom is -0.391 e. The molecule has 0 bridgehead atoms. The van der Waals surface area contributed by atoms with Crippen LogP contribution in [-0.2, 0) is 0 Å². The molecular formula is C9H19NO. The summed E-state index contributed by atoms with van der Waals surface area (Å²) in [4.78, 5) is 2.05. The van der Waals surface area contributed by atoms with Gasteiger partial charge in [0, 0.05) is 13.1 Å². The number of nitrogens with zero attached hydrogens (tertiary/aromatic N) is 1. The van der Waals surface area contributed by atoms with Crippen LogP contribution in [0.2, 0.25) is 0 Å². The van der Waals surface area contributed by atoms with E-state index in [0.29, 0.717) is 6.54 Å². The number of aliphatic hydroxyl groups is 1. The van der Waals surface area contributed by atoms with Gasteiger partial charge in [-0.15, -0.1) is 0 Å². The van der Waals surface area contributed by atoms with Crippen LogP contribution in [0.1, 0.15) is 26.7 Å². The summed E-state index contributed by atoms with van der Waals surface area (Å²) in [6.07, 6.45) is 3.50. The molecule has 66 valence electrons. The van der Waals surface area contributed by atoms with E-state index in [2.05, 4.69) is 13.5 Å². The van der Waals surface area contributed by atoms with Gasteiger partial charge in [-0.25, -0.2) is 0 Å². The number of aliphatic hydroxyl groups excluding tert-OH is 1. The van der Waals surface area contributed by atoms with Crippen LogP contribution in [0.3, 0.4) is 0 Å². The molecule has 0 aliphatic carbocycles. The summed E-state index contributed by atoms with van der Waals surface area (Å²) >= 11 is 0. The van der Waals surface area contributed by atoms with Crippen molar-refractivity contribution in [2.45, 2.75) is 32.8 Å². The van der Waals surface area contributed by atoms with Gasteiger partial charge in [-0.2, -0.15) is 0 Å². The first kappa shape index (κ1) is 10.5. The molecule has 0 aromatic carbocycles. The molecule has 0 aliphatic rings. The highest BCUT2D eigenvalue weighted by molar-refractivity contribution is 4.72. The Morgan fingerprint density at radius 3 is 2.55 bits per heavy atom. The summed E-state index contributed by atoms with van der Waals surface area (Å²) in [7, 11) is 0. The minimum atomic E-state index is -0.209. The number of hydrogen-bond donors (Lipinski definition) is 1. The second-order valence-electron chi connectivity index (χ2n) is 2.74. The molecule has 2 heteroatoms. The van der Waals surface area contributed by atoms with Crippen LogP contribution in [0.4, 0.5) is 0 Å². The molecule has 2 nitrogen and oxygen atoms in total. The van der Waals surface area contributed by atoms with E-state index in [1.54, 1.807) is 6.20 Å². The molecule has 0 rings (SSSR count). The summed E-state index contributed by atoms with van der Waals surface area (Å²) in [6, 6.07) is 0. The largest absolute Gasteiger partial charge is 0.391 e. The van der Waals surface area contributed by atoms with Crippen molar-refractivity contribution in [3.05, 3.63) is 12.8 Å². The summed E-state index contributed by atoms with van der Waals surface area (Å²) < 4.78 is 0. The highest BCUT2D eigenvalue weighted by atomic mass is 16.3. The maximum absolute atomic E-state index is 9.30. The van der Waals surface area contributed by atoms with Crippen molar-refractivity contribution in [1.82, 2.24) is 4.90 Å². The van der Waals surface area contributed by atoms with Crippen LogP contribution >= 0.6 is 0 Å². The molecular weight excluding hydrogens is 138 g/mol. The zero-order valence-electron chi connectivity index (χ0n) is 7.58. The van der Waals surface area contributed by atoms with Gasteiger partial charge in [-0.05, 0) is 19.0 Å². The predicted molar refractivity (Wildman–Crippen MR) is 48.4 cm³/mol. The Morgan fingerprint density at radius 1 is 1.55 bits per heavy atom. The van der Waals surface area contributed by atoms with Crippen LogP contribution in [0, 0.1) is 0 Å². The van der Waals surface area contributed by atoms with Crippen LogP contribution in [-0.4, -0.2) is 29.2 Å². The average molecular weight is 157 g/mol. The molecule has 1 unspecified atom stereocenters. The van der Waals surface area contributed by atoms with Crippen molar-refractivity contribution in [1.29, 1.82) is 0 Å². The molecule has 0 spiro atoms. The lowest BCUT2D eigenvalue weighted by molar-refractivity contribution is 0.131. The van der Waals surface area contributed by atoms with E-state index in [1.807, 2.05) is 11.8 Å². The van der Waals surface area contributed by atoms with Crippen molar-refractivity contribution in [2.75, 3.05) is 13.1 Å². The summed E-state index contributed by atoms with van der Waals surface area (Å²) in [6.45, 7) is 9.49. The fraction of sp³-hybridized carbons (Fsp3) is 0.778. The molecule has 0 fully saturated rings. The summed E-state index contributed by atoms with van der Waals surface area (Å²) in [5.41, 5.74) is 0. The van der Waals surface area contributed by atoms with Crippen molar-refractivity contribution >= 4 is 0 Å². The van der Waals surface area contributed by atoms with Gasteiger partial charge in [0.2, 0.25) is 0 Å². The highest BCUT2D eigenvalue weighted by Crippen LogP contribution is 1.97. The Morgan fingerprint density at radius 2 is 2.18 bits per heavy atom. The van der Waals surface area contributed by atoms with E-state index in [-0.39, 0.29) is 6.10 Å². The zero-order chi connectivity index (χ0) is 8.69. The van der Waals surface area contributed by atoms with Gasteiger partial charge >= 0.3 is 0 Å². The lowest BCUT2D eigenvalue weighted by Crippen LogP contribution is -2.28. The van der Waals surface area contributed by atoms with Gasteiger partial charge in [0.25, 0.3) is 0 Å². The van der Waals surface area contributed by atoms with E-state index in [1.165, 1.54) is 0 Å². The first-order valence-electron chi connectivity index (χ1n) is 4.29. The first-order valence-corrected chi connectivity index (χ1v) is 4.29. The number of hydrogen-bond acceptors (Lipinski definition) is 2. The predicted octanol–water partition coefficient (Wildman–Crippen LogP) is 1.61. The van der Waals surface area contributed by atoms with Gasteiger partial charge in [0.05, 0.1) is 6.10 Å². The summed E-state index contributed by atoms with van der Waals surface area (Å²) in [5, 5.41) is 9.30. The highest BCUT2D eigenvalue weighted by Gasteiger charge is 2.03. The second-order valence-corrected chi connectivity index (χ2v) is 2.74. The molecule has 0 aliphatic heterocycles. The van der Waals surface area contributed by atoms with E-state index in [4.69, 9.17) is 0 Å². The van der Waals surface area contributed by atoms with Crippen LogP contribution < -0.4 is 0 Å². The van der Waals surface area contributed by atoms with Crippen molar-refractivity contribution in [3.63, 3.8) is 0 Å². The molecule has 0 heterocycles. The number of rotatable bonds is 6. The van der Waals surface area contributed by atoms with Gasteiger partial charge in [0.1, 0.15) is 0 Å². The SMILES string of the molecule is C=CN(CCC)CC(O)CC. The average Bonchev–Trinajstić information content (AvgIpc) is 2.03. The molecule has 0 radical (unpaired) electrons. The standard InChI is InChI=1S/C9H19NO/c1-4-7-10(6-3)8-9(11)5-2/h6,9,11H,3-5,7-8H2,1-2H3. The van der Waals surface area contributed by atoms with E-state index in [0.717, 1.165) is 19.4 Å². The van der Waals surface area contributed by atoms with Crippen LogP contribution in [0.25, 0.3) is 0 Å². The Kier molecular flexibility index (Phi) is 5.94. The molecule has 0 aromatic rings. The molecule has 11 heavy (non-hydrogen) atoms. The molecule has 0 saturated heterocycles. The fourth-order valence-corrected chi connectivity index (χ4v) is 0.944. The Hall–Kier alpha value is -0.500. The summed E-state index contributed by atoms with van der Waals surface area (Å²) in [5.74, 6) is 0. The Labute approximate surface area is 69.5 Å². The molecule has 0 saturated carbocycles. The first-order chi connectivity index (χ1) is 5.24. The lowest BCUT2D eigenvalue weighted by Gasteiger charge is -2.21. The zero-order valence-corrected chi connectivity index (χ0v) is 7.58. The van der Waals surface area contributed by atoms with Crippen LogP contribution in [0.15, 0.2) is 12.8 Å². The van der Waals surface area contributed by atoms with Gasteiger partial charge in [-0.3, -0.25) is 0 Å². The maximum atomic E-state index is 9.30. The third-order valence-electron chi connectivity index (χ3n) is 1.69. The monoisotopic (exact) mass is 157 g/mol. The minimum absolute atomic E-state index is 0.209. The maximum Gasteiger partial charge on any atom is 0.0712 e. The van der Waals surface area contributed by atoms with E-state index < -0.39 is 0 Å². The van der Waals surface area contributed by atoms with Crippen LogP contribution in [0.5, 0.6) is 0 Å². The Bertz CT molecular complexity index is 104. The van der Waals surface area contributed by atoms with Gasteiger partial charge in [-0.1, -0.05) is 20.4 Å². The topological polar surface area (TPSA) is 23.5 Å². The van der Waals surface area contributed by atoms with Gasteiger partial charge < -0.3 is 10.0 Å². The normalized spacial score (nSPS) is 12.6. The smallest absolute Gasteiger partial charge is 0.0712 e. The van der Waals surface area contributed by atoms with Gasteiger partial charge in [0.15, 0.2) is 0 Å². The van der Waals surface area contributed by atoms with E-state index in [9.17, 15) is 5.11 Å².